The topological polar surface area (TPSA) is 9.23 Å². The molecule has 144 valence electrons. The third-order valence-electron chi connectivity index (χ3n) is 5.85. The summed E-state index contributed by atoms with van der Waals surface area (Å²) in [5, 5.41) is 0. The molecule has 1 saturated carbocycles. The summed E-state index contributed by atoms with van der Waals surface area (Å²) < 4.78 is 19.9. The number of ether oxygens (including phenoxy) is 1. The summed E-state index contributed by atoms with van der Waals surface area (Å²) in [6.45, 7) is 6.70. The molecule has 1 aliphatic carbocycles. The molecule has 0 heterocycles. The molecule has 0 spiro atoms. The lowest BCUT2D eigenvalue weighted by Crippen LogP contribution is -2.14. The molecule has 0 amide bonds. The lowest BCUT2D eigenvalue weighted by molar-refractivity contribution is 0.131. The van der Waals surface area contributed by atoms with Crippen molar-refractivity contribution in [3.8, 4) is 11.1 Å². The quantitative estimate of drug-likeness (QED) is 0.446. The summed E-state index contributed by atoms with van der Waals surface area (Å²) in [6.07, 6.45) is 9.45. The van der Waals surface area contributed by atoms with E-state index in [2.05, 4.69) is 30.8 Å². The maximum Gasteiger partial charge on any atom is 0.129 e. The molecule has 27 heavy (non-hydrogen) atoms. The van der Waals surface area contributed by atoms with E-state index in [9.17, 15) is 4.39 Å². The van der Waals surface area contributed by atoms with Crippen LogP contribution in [0.25, 0.3) is 11.1 Å². The summed E-state index contributed by atoms with van der Waals surface area (Å²) in [5.74, 6) is 1.23. The number of rotatable bonds is 8. The van der Waals surface area contributed by atoms with Gasteiger partial charge in [-0.2, -0.15) is 0 Å². The second-order valence-corrected chi connectivity index (χ2v) is 7.61. The first-order valence-electron chi connectivity index (χ1n) is 10.3. The van der Waals surface area contributed by atoms with Crippen LogP contribution in [0, 0.1) is 11.7 Å². The minimum atomic E-state index is -0.177. The third kappa shape index (κ3) is 5.07. The number of halogens is 1. The van der Waals surface area contributed by atoms with Crippen LogP contribution in [-0.4, -0.2) is 6.61 Å². The molecule has 0 radical (unpaired) electrons. The Kier molecular flexibility index (Phi) is 7.23. The van der Waals surface area contributed by atoms with Crippen LogP contribution >= 0.6 is 0 Å². The summed E-state index contributed by atoms with van der Waals surface area (Å²) in [5.41, 5.74) is 4.14. The van der Waals surface area contributed by atoms with Gasteiger partial charge in [0, 0.05) is 12.2 Å². The van der Waals surface area contributed by atoms with Crippen LogP contribution in [0.15, 0.2) is 55.1 Å². The number of allylic oxidation sites excluding steroid dienone is 1. The minimum Gasteiger partial charge on any atom is -0.377 e. The Morgan fingerprint density at radius 3 is 2.59 bits per heavy atom. The molecular weight excluding hydrogens is 335 g/mol. The number of hydrogen-bond acceptors (Lipinski definition) is 1. The van der Waals surface area contributed by atoms with E-state index in [4.69, 9.17) is 4.74 Å². The van der Waals surface area contributed by atoms with E-state index in [-0.39, 0.29) is 5.82 Å². The van der Waals surface area contributed by atoms with Crippen molar-refractivity contribution in [3.63, 3.8) is 0 Å². The van der Waals surface area contributed by atoms with Gasteiger partial charge in [0.1, 0.15) is 5.82 Å². The fourth-order valence-corrected chi connectivity index (χ4v) is 4.28. The monoisotopic (exact) mass is 366 g/mol. The molecule has 2 aromatic carbocycles. The van der Waals surface area contributed by atoms with Crippen molar-refractivity contribution in [1.29, 1.82) is 0 Å². The summed E-state index contributed by atoms with van der Waals surface area (Å²) in [4.78, 5) is 0. The highest BCUT2D eigenvalue weighted by Gasteiger charge is 2.24. The van der Waals surface area contributed by atoms with Crippen molar-refractivity contribution in [2.24, 2.45) is 5.92 Å². The van der Waals surface area contributed by atoms with Crippen molar-refractivity contribution in [3.05, 3.63) is 72.1 Å². The van der Waals surface area contributed by atoms with Crippen molar-refractivity contribution >= 4 is 0 Å². The minimum absolute atomic E-state index is 0.177. The lowest BCUT2D eigenvalue weighted by atomic mass is 9.75. The highest BCUT2D eigenvalue weighted by Crippen LogP contribution is 2.41. The van der Waals surface area contributed by atoms with Gasteiger partial charge in [0.05, 0.1) is 6.61 Å². The van der Waals surface area contributed by atoms with E-state index in [1.165, 1.54) is 43.2 Å². The number of benzene rings is 2. The summed E-state index contributed by atoms with van der Waals surface area (Å²) >= 11 is 0. The van der Waals surface area contributed by atoms with Crippen LogP contribution in [0.4, 0.5) is 4.39 Å². The average Bonchev–Trinajstić information content (AvgIpc) is 2.72. The second-order valence-electron chi connectivity index (χ2n) is 7.61. The van der Waals surface area contributed by atoms with Crippen LogP contribution in [0.5, 0.6) is 0 Å². The predicted octanol–water partition coefficient (Wildman–Crippen LogP) is 7.27. The molecule has 2 aromatic rings. The SMILES string of the molecule is C=CCCC1CCC(c2ccccc2-c2ccc(COCC)c(F)c2)CC1. The van der Waals surface area contributed by atoms with Gasteiger partial charge in [-0.05, 0) is 80.0 Å². The molecule has 0 aliphatic heterocycles. The number of hydrogen-bond donors (Lipinski definition) is 0. The van der Waals surface area contributed by atoms with Crippen LogP contribution < -0.4 is 0 Å². The van der Waals surface area contributed by atoms with Gasteiger partial charge in [-0.25, -0.2) is 4.39 Å². The molecule has 1 fully saturated rings. The fraction of sp³-hybridized carbons (Fsp3) is 0.440. The van der Waals surface area contributed by atoms with E-state index in [1.54, 1.807) is 6.07 Å². The van der Waals surface area contributed by atoms with Gasteiger partial charge in [0.25, 0.3) is 0 Å². The summed E-state index contributed by atoms with van der Waals surface area (Å²) in [6, 6.07) is 14.1. The smallest absolute Gasteiger partial charge is 0.129 e. The van der Waals surface area contributed by atoms with Crippen molar-refractivity contribution in [2.75, 3.05) is 6.61 Å². The van der Waals surface area contributed by atoms with Crippen LogP contribution in [0.2, 0.25) is 0 Å². The average molecular weight is 367 g/mol. The molecule has 1 nitrogen and oxygen atoms in total. The first-order chi connectivity index (χ1) is 13.2. The van der Waals surface area contributed by atoms with E-state index in [0.29, 0.717) is 24.7 Å². The predicted molar refractivity (Wildman–Crippen MR) is 111 cm³/mol. The highest BCUT2D eigenvalue weighted by molar-refractivity contribution is 5.68. The first-order valence-corrected chi connectivity index (χ1v) is 10.3. The standard InChI is InChI=1S/C25H31FO/c1-3-5-8-19-11-13-20(14-12-19)23-9-6-7-10-24(23)21-15-16-22(18-27-4-2)25(26)17-21/h3,6-7,9-10,15-17,19-20H,1,4-5,8,11-14,18H2,2H3. The normalized spacial score (nSPS) is 19.8. The molecule has 0 atom stereocenters. The zero-order chi connectivity index (χ0) is 19.1. The Labute approximate surface area is 163 Å². The third-order valence-corrected chi connectivity index (χ3v) is 5.85. The molecule has 0 N–H and O–H groups in total. The lowest BCUT2D eigenvalue weighted by Gasteiger charge is -2.30. The molecule has 2 heteroatoms. The van der Waals surface area contributed by atoms with Crippen LogP contribution in [0.3, 0.4) is 0 Å². The van der Waals surface area contributed by atoms with Gasteiger partial charge in [-0.1, -0.05) is 42.5 Å². The van der Waals surface area contributed by atoms with Gasteiger partial charge in [-0.15, -0.1) is 6.58 Å². The van der Waals surface area contributed by atoms with E-state index in [0.717, 1.165) is 17.9 Å². The maximum atomic E-state index is 14.5. The second kappa shape index (κ2) is 9.85. The zero-order valence-corrected chi connectivity index (χ0v) is 16.4. The molecule has 0 bridgehead atoms. The molecule has 3 rings (SSSR count). The van der Waals surface area contributed by atoms with E-state index < -0.39 is 0 Å². The van der Waals surface area contributed by atoms with Crippen molar-refractivity contribution in [2.45, 2.75) is 58.0 Å². The Hall–Kier alpha value is -1.93. The Balaban J connectivity index is 1.77. The molecule has 0 aromatic heterocycles. The van der Waals surface area contributed by atoms with Crippen LogP contribution in [-0.2, 0) is 11.3 Å². The van der Waals surface area contributed by atoms with Crippen LogP contribution in [0.1, 0.15) is 62.5 Å². The molecule has 0 saturated heterocycles. The van der Waals surface area contributed by atoms with Crippen molar-refractivity contribution < 1.29 is 9.13 Å². The van der Waals surface area contributed by atoms with Crippen molar-refractivity contribution in [1.82, 2.24) is 0 Å². The van der Waals surface area contributed by atoms with Gasteiger partial charge < -0.3 is 4.74 Å². The fourth-order valence-electron chi connectivity index (χ4n) is 4.28. The van der Waals surface area contributed by atoms with Gasteiger partial charge in [-0.3, -0.25) is 0 Å². The van der Waals surface area contributed by atoms with E-state index in [1.807, 2.05) is 25.1 Å². The maximum absolute atomic E-state index is 14.5. The zero-order valence-electron chi connectivity index (χ0n) is 16.4. The van der Waals surface area contributed by atoms with Gasteiger partial charge in [0.15, 0.2) is 0 Å². The Morgan fingerprint density at radius 2 is 1.89 bits per heavy atom. The molecule has 0 unspecified atom stereocenters. The van der Waals surface area contributed by atoms with Gasteiger partial charge in [0.2, 0.25) is 0 Å². The van der Waals surface area contributed by atoms with E-state index >= 15 is 0 Å². The summed E-state index contributed by atoms with van der Waals surface area (Å²) in [7, 11) is 0. The Bertz CT molecular complexity index is 744. The van der Waals surface area contributed by atoms with Gasteiger partial charge >= 0.3 is 0 Å². The highest BCUT2D eigenvalue weighted by atomic mass is 19.1. The Morgan fingerprint density at radius 1 is 1.11 bits per heavy atom. The first kappa shape index (κ1) is 19.8. The largest absolute Gasteiger partial charge is 0.377 e. The molecular formula is C25H31FO. The molecule has 1 aliphatic rings.